The molecule has 1 aromatic carbocycles. The highest BCUT2D eigenvalue weighted by molar-refractivity contribution is 5.37. The molecule has 106 valence electrons. The van der Waals surface area contributed by atoms with E-state index in [0.29, 0.717) is 0 Å². The molecule has 0 radical (unpaired) electrons. The molecular weight excluding hydrogens is 236 g/mol. The number of ether oxygens (including phenoxy) is 1. The molecule has 0 amide bonds. The zero-order valence-electron chi connectivity index (χ0n) is 12.6. The van der Waals surface area contributed by atoms with Gasteiger partial charge >= 0.3 is 0 Å². The average Bonchev–Trinajstić information content (AvgIpc) is 2.41. The van der Waals surface area contributed by atoms with Crippen molar-refractivity contribution < 1.29 is 4.74 Å². The Balaban J connectivity index is 2.21. The van der Waals surface area contributed by atoms with Crippen LogP contribution >= 0.6 is 0 Å². The second-order valence-electron chi connectivity index (χ2n) is 5.91. The minimum Gasteiger partial charge on any atom is -0.496 e. The van der Waals surface area contributed by atoms with Gasteiger partial charge < -0.3 is 10.1 Å². The number of nitrogens with zero attached hydrogens (tertiary/aromatic N) is 1. The summed E-state index contributed by atoms with van der Waals surface area (Å²) in [6.45, 7) is 11.0. The lowest BCUT2D eigenvalue weighted by Crippen LogP contribution is -2.57. The van der Waals surface area contributed by atoms with Crippen molar-refractivity contribution in [1.29, 1.82) is 0 Å². The van der Waals surface area contributed by atoms with Crippen molar-refractivity contribution in [1.82, 2.24) is 10.2 Å². The molecule has 1 aliphatic rings. The van der Waals surface area contributed by atoms with E-state index in [1.807, 2.05) is 0 Å². The van der Waals surface area contributed by atoms with E-state index in [2.05, 4.69) is 49.2 Å². The van der Waals surface area contributed by atoms with Crippen LogP contribution in [-0.4, -0.2) is 37.2 Å². The van der Waals surface area contributed by atoms with Crippen LogP contribution in [0.2, 0.25) is 0 Å². The fourth-order valence-electron chi connectivity index (χ4n) is 2.70. The van der Waals surface area contributed by atoms with E-state index < -0.39 is 0 Å². The minimum absolute atomic E-state index is 0.200. The molecule has 1 heterocycles. The second-order valence-corrected chi connectivity index (χ2v) is 5.91. The molecule has 19 heavy (non-hydrogen) atoms. The van der Waals surface area contributed by atoms with Gasteiger partial charge in [0.15, 0.2) is 0 Å². The standard InChI is InChI=1S/C16H26N2O/c1-5-13-6-7-15(19-4)14(10-13)11-18-9-8-17-12-16(18,2)3/h6-7,10,17H,5,8-9,11-12H2,1-4H3. The van der Waals surface area contributed by atoms with Crippen LogP contribution in [0.3, 0.4) is 0 Å². The van der Waals surface area contributed by atoms with Gasteiger partial charge in [0, 0.05) is 37.3 Å². The molecule has 0 saturated carbocycles. The minimum atomic E-state index is 0.200. The van der Waals surface area contributed by atoms with Crippen molar-refractivity contribution in [3.8, 4) is 5.75 Å². The molecule has 2 rings (SSSR count). The van der Waals surface area contributed by atoms with E-state index in [1.54, 1.807) is 7.11 Å². The van der Waals surface area contributed by atoms with Gasteiger partial charge in [-0.15, -0.1) is 0 Å². The van der Waals surface area contributed by atoms with Crippen LogP contribution in [0.15, 0.2) is 18.2 Å². The van der Waals surface area contributed by atoms with Crippen LogP contribution in [0.4, 0.5) is 0 Å². The van der Waals surface area contributed by atoms with E-state index >= 15 is 0 Å². The smallest absolute Gasteiger partial charge is 0.123 e. The molecule has 3 heteroatoms. The first-order chi connectivity index (χ1) is 9.06. The molecule has 0 bridgehead atoms. The summed E-state index contributed by atoms with van der Waals surface area (Å²) in [4.78, 5) is 2.54. The molecule has 1 aromatic rings. The van der Waals surface area contributed by atoms with Crippen LogP contribution in [0, 0.1) is 0 Å². The van der Waals surface area contributed by atoms with Crippen LogP contribution < -0.4 is 10.1 Å². The van der Waals surface area contributed by atoms with Gasteiger partial charge in [0.2, 0.25) is 0 Å². The number of nitrogens with one attached hydrogen (secondary N) is 1. The molecule has 0 atom stereocenters. The molecule has 1 aliphatic heterocycles. The number of aryl methyl sites for hydroxylation is 1. The average molecular weight is 262 g/mol. The quantitative estimate of drug-likeness (QED) is 0.902. The fraction of sp³-hybridized carbons (Fsp3) is 0.625. The second kappa shape index (κ2) is 5.93. The Morgan fingerprint density at radius 1 is 1.37 bits per heavy atom. The van der Waals surface area contributed by atoms with Gasteiger partial charge in [-0.1, -0.05) is 19.1 Å². The van der Waals surface area contributed by atoms with Crippen molar-refractivity contribution in [2.45, 2.75) is 39.3 Å². The summed E-state index contributed by atoms with van der Waals surface area (Å²) in [6, 6.07) is 6.55. The molecule has 0 unspecified atom stereocenters. The van der Waals surface area contributed by atoms with E-state index in [1.165, 1.54) is 11.1 Å². The van der Waals surface area contributed by atoms with Gasteiger partial charge in [0.05, 0.1) is 7.11 Å². The Hall–Kier alpha value is -1.06. The lowest BCUT2D eigenvalue weighted by molar-refractivity contribution is 0.0819. The third-order valence-electron chi connectivity index (χ3n) is 4.09. The molecule has 0 aliphatic carbocycles. The van der Waals surface area contributed by atoms with Crippen molar-refractivity contribution in [3.63, 3.8) is 0 Å². The number of hydrogen-bond donors (Lipinski definition) is 1. The maximum absolute atomic E-state index is 5.51. The zero-order valence-corrected chi connectivity index (χ0v) is 12.6. The fourth-order valence-corrected chi connectivity index (χ4v) is 2.70. The summed E-state index contributed by atoms with van der Waals surface area (Å²) < 4.78 is 5.51. The van der Waals surface area contributed by atoms with Gasteiger partial charge in [-0.2, -0.15) is 0 Å². The first kappa shape index (κ1) is 14.4. The Kier molecular flexibility index (Phi) is 4.48. The molecule has 0 aromatic heterocycles. The van der Waals surface area contributed by atoms with Crippen LogP contribution in [0.5, 0.6) is 5.75 Å². The SMILES string of the molecule is CCc1ccc(OC)c(CN2CCNCC2(C)C)c1. The Labute approximate surface area is 116 Å². The summed E-state index contributed by atoms with van der Waals surface area (Å²) in [5.74, 6) is 1.01. The van der Waals surface area contributed by atoms with Crippen molar-refractivity contribution in [2.24, 2.45) is 0 Å². The predicted molar refractivity (Wildman–Crippen MR) is 79.7 cm³/mol. The van der Waals surface area contributed by atoms with Gasteiger partial charge in [0.1, 0.15) is 5.75 Å². The summed E-state index contributed by atoms with van der Waals surface area (Å²) in [6.07, 6.45) is 1.07. The monoisotopic (exact) mass is 262 g/mol. The number of piperazine rings is 1. The highest BCUT2D eigenvalue weighted by atomic mass is 16.5. The normalized spacial score (nSPS) is 19.4. The summed E-state index contributed by atoms with van der Waals surface area (Å²) in [5, 5.41) is 3.47. The van der Waals surface area contributed by atoms with E-state index in [4.69, 9.17) is 4.74 Å². The van der Waals surface area contributed by atoms with Crippen molar-refractivity contribution in [2.75, 3.05) is 26.7 Å². The topological polar surface area (TPSA) is 24.5 Å². The molecule has 0 spiro atoms. The third-order valence-corrected chi connectivity index (χ3v) is 4.09. The largest absolute Gasteiger partial charge is 0.496 e. The number of benzene rings is 1. The highest BCUT2D eigenvalue weighted by Crippen LogP contribution is 2.26. The van der Waals surface area contributed by atoms with Gasteiger partial charge in [0.25, 0.3) is 0 Å². The summed E-state index contributed by atoms with van der Waals surface area (Å²) >= 11 is 0. The number of rotatable bonds is 4. The van der Waals surface area contributed by atoms with E-state index in [0.717, 1.165) is 38.3 Å². The molecule has 3 nitrogen and oxygen atoms in total. The van der Waals surface area contributed by atoms with Crippen molar-refractivity contribution >= 4 is 0 Å². The van der Waals surface area contributed by atoms with Crippen LogP contribution in [0.25, 0.3) is 0 Å². The van der Waals surface area contributed by atoms with Gasteiger partial charge in [-0.05, 0) is 31.9 Å². The highest BCUT2D eigenvalue weighted by Gasteiger charge is 2.29. The molecule has 1 N–H and O–H groups in total. The lowest BCUT2D eigenvalue weighted by Gasteiger charge is -2.43. The maximum atomic E-state index is 5.51. The third kappa shape index (κ3) is 3.28. The molecular formula is C16H26N2O. The maximum Gasteiger partial charge on any atom is 0.123 e. The number of methoxy groups -OCH3 is 1. The predicted octanol–water partition coefficient (Wildman–Crippen LogP) is 2.44. The Morgan fingerprint density at radius 2 is 2.16 bits per heavy atom. The van der Waals surface area contributed by atoms with E-state index in [9.17, 15) is 0 Å². The summed E-state index contributed by atoms with van der Waals surface area (Å²) in [5.41, 5.74) is 2.88. The van der Waals surface area contributed by atoms with Crippen molar-refractivity contribution in [3.05, 3.63) is 29.3 Å². The molecule has 1 fully saturated rings. The Bertz CT molecular complexity index is 429. The zero-order chi connectivity index (χ0) is 13.9. The first-order valence-corrected chi connectivity index (χ1v) is 7.18. The van der Waals surface area contributed by atoms with E-state index in [-0.39, 0.29) is 5.54 Å². The lowest BCUT2D eigenvalue weighted by atomic mass is 9.98. The summed E-state index contributed by atoms with van der Waals surface area (Å²) in [7, 11) is 1.76. The number of hydrogen-bond acceptors (Lipinski definition) is 3. The Morgan fingerprint density at radius 3 is 2.79 bits per heavy atom. The van der Waals surface area contributed by atoms with Gasteiger partial charge in [-0.25, -0.2) is 0 Å². The first-order valence-electron chi connectivity index (χ1n) is 7.18. The van der Waals surface area contributed by atoms with Crippen LogP contribution in [-0.2, 0) is 13.0 Å². The van der Waals surface area contributed by atoms with Gasteiger partial charge in [-0.3, -0.25) is 4.90 Å². The molecule has 1 saturated heterocycles. The van der Waals surface area contributed by atoms with Crippen LogP contribution in [0.1, 0.15) is 31.9 Å².